The molecule has 0 spiro atoms. The highest BCUT2D eigenvalue weighted by atomic mass is 19.1. The van der Waals surface area contributed by atoms with Crippen molar-refractivity contribution < 1.29 is 9.50 Å². The molecule has 1 aliphatic heterocycles. The van der Waals surface area contributed by atoms with Crippen LogP contribution in [-0.2, 0) is 13.1 Å². The smallest absolute Gasteiger partial charge is 0.123 e. The first-order valence-electron chi connectivity index (χ1n) is 10.4. The number of hydrogen-bond acceptors (Lipinski definition) is 5. The van der Waals surface area contributed by atoms with Crippen LogP contribution in [0.1, 0.15) is 23.4 Å². The molecule has 30 heavy (non-hydrogen) atoms. The number of halogens is 1. The van der Waals surface area contributed by atoms with Crippen LogP contribution in [0.2, 0.25) is 0 Å². The van der Waals surface area contributed by atoms with Gasteiger partial charge in [0.05, 0.1) is 17.6 Å². The lowest BCUT2D eigenvalue weighted by molar-refractivity contribution is 0.0491. The Balaban J connectivity index is 1.39. The van der Waals surface area contributed by atoms with Crippen molar-refractivity contribution in [3.63, 3.8) is 0 Å². The summed E-state index contributed by atoms with van der Waals surface area (Å²) in [5.74, 6) is -0.250. The van der Waals surface area contributed by atoms with Crippen LogP contribution in [0, 0.1) is 12.7 Å². The Bertz CT molecular complexity index is 958. The Hall–Kier alpha value is -2.61. The van der Waals surface area contributed by atoms with E-state index in [0.29, 0.717) is 6.04 Å². The van der Waals surface area contributed by atoms with Crippen molar-refractivity contribution in [3.05, 3.63) is 77.6 Å². The highest BCUT2D eigenvalue weighted by Gasteiger charge is 2.27. The highest BCUT2D eigenvalue weighted by Crippen LogP contribution is 2.18. The second kappa shape index (κ2) is 9.47. The molecular formula is C23H28FN5O. The molecule has 7 heteroatoms. The molecule has 1 fully saturated rings. The molecule has 1 aliphatic rings. The molecule has 1 atom stereocenters. The molecule has 2 aromatic heterocycles. The largest absolute Gasteiger partial charge is 0.396 e. The van der Waals surface area contributed by atoms with Crippen molar-refractivity contribution in [3.8, 4) is 5.69 Å². The molecule has 1 saturated heterocycles. The Morgan fingerprint density at radius 2 is 1.93 bits per heavy atom. The van der Waals surface area contributed by atoms with Crippen molar-refractivity contribution in [2.75, 3.05) is 26.2 Å². The minimum atomic E-state index is -0.250. The number of benzene rings is 1. The van der Waals surface area contributed by atoms with E-state index in [2.05, 4.69) is 25.9 Å². The molecule has 6 nitrogen and oxygen atoms in total. The van der Waals surface area contributed by atoms with Crippen LogP contribution in [0.5, 0.6) is 0 Å². The first-order chi connectivity index (χ1) is 14.6. The molecule has 158 valence electrons. The van der Waals surface area contributed by atoms with E-state index < -0.39 is 0 Å². The normalized spacial score (nSPS) is 18.0. The third kappa shape index (κ3) is 5.11. The van der Waals surface area contributed by atoms with Crippen LogP contribution in [0.25, 0.3) is 5.69 Å². The fourth-order valence-corrected chi connectivity index (χ4v) is 4.06. The predicted octanol–water partition coefficient (Wildman–Crippen LogP) is 2.78. The SMILES string of the molecule is Cc1cccc(CN2CCN(Cc3cnn(-c4ccc(F)cc4)c3)C[C@H]2CCO)n1. The van der Waals surface area contributed by atoms with Gasteiger partial charge in [0.15, 0.2) is 0 Å². The van der Waals surface area contributed by atoms with Gasteiger partial charge in [0, 0.05) is 62.8 Å². The summed E-state index contributed by atoms with van der Waals surface area (Å²) >= 11 is 0. The zero-order chi connectivity index (χ0) is 20.9. The average molecular weight is 410 g/mol. The summed E-state index contributed by atoms with van der Waals surface area (Å²) < 4.78 is 14.9. The topological polar surface area (TPSA) is 57.4 Å². The van der Waals surface area contributed by atoms with Gasteiger partial charge in [-0.1, -0.05) is 6.07 Å². The molecule has 3 heterocycles. The maximum Gasteiger partial charge on any atom is 0.123 e. The predicted molar refractivity (Wildman–Crippen MR) is 114 cm³/mol. The molecule has 1 aromatic carbocycles. The van der Waals surface area contributed by atoms with E-state index in [1.54, 1.807) is 16.8 Å². The molecule has 0 saturated carbocycles. The molecule has 0 radical (unpaired) electrons. The Kier molecular flexibility index (Phi) is 6.52. The second-order valence-corrected chi connectivity index (χ2v) is 7.91. The minimum Gasteiger partial charge on any atom is -0.396 e. The van der Waals surface area contributed by atoms with E-state index in [0.717, 1.165) is 61.8 Å². The summed E-state index contributed by atoms with van der Waals surface area (Å²) in [4.78, 5) is 9.47. The highest BCUT2D eigenvalue weighted by molar-refractivity contribution is 5.31. The van der Waals surface area contributed by atoms with Gasteiger partial charge in [-0.3, -0.25) is 14.8 Å². The summed E-state index contributed by atoms with van der Waals surface area (Å²) in [6, 6.07) is 12.8. The summed E-state index contributed by atoms with van der Waals surface area (Å²) in [7, 11) is 0. The van der Waals surface area contributed by atoms with Gasteiger partial charge >= 0.3 is 0 Å². The number of aliphatic hydroxyl groups excluding tert-OH is 1. The summed E-state index contributed by atoms with van der Waals surface area (Å²) in [5.41, 5.74) is 4.07. The third-order valence-electron chi connectivity index (χ3n) is 5.60. The van der Waals surface area contributed by atoms with Gasteiger partial charge < -0.3 is 5.11 Å². The van der Waals surface area contributed by atoms with Gasteiger partial charge in [-0.05, 0) is 49.7 Å². The lowest BCUT2D eigenvalue weighted by atomic mass is 10.1. The van der Waals surface area contributed by atoms with Crippen LogP contribution in [0.15, 0.2) is 54.9 Å². The molecule has 0 amide bonds. The van der Waals surface area contributed by atoms with Crippen molar-refractivity contribution >= 4 is 0 Å². The van der Waals surface area contributed by atoms with E-state index in [4.69, 9.17) is 0 Å². The van der Waals surface area contributed by atoms with Crippen LogP contribution in [0.4, 0.5) is 4.39 Å². The number of hydrogen-bond donors (Lipinski definition) is 1. The molecule has 1 N–H and O–H groups in total. The molecule has 3 aromatic rings. The van der Waals surface area contributed by atoms with Gasteiger partial charge in [0.1, 0.15) is 5.82 Å². The Morgan fingerprint density at radius 3 is 2.70 bits per heavy atom. The molecule has 0 bridgehead atoms. The fourth-order valence-electron chi connectivity index (χ4n) is 4.06. The standard InChI is InChI=1S/C23H28FN5O/c1-18-3-2-4-21(26-18)16-28-11-10-27(17-23(28)9-12-30)14-19-13-25-29(15-19)22-7-5-20(24)6-8-22/h2-8,13,15,23,30H,9-12,14,16-17H2,1H3/t23-/m1/s1. The van der Waals surface area contributed by atoms with E-state index in [-0.39, 0.29) is 12.4 Å². The zero-order valence-electron chi connectivity index (χ0n) is 17.3. The van der Waals surface area contributed by atoms with Gasteiger partial charge in [-0.25, -0.2) is 9.07 Å². The summed E-state index contributed by atoms with van der Waals surface area (Å²) in [5, 5.41) is 14.0. The van der Waals surface area contributed by atoms with Gasteiger partial charge in [0.25, 0.3) is 0 Å². The monoisotopic (exact) mass is 409 g/mol. The molecule has 0 aliphatic carbocycles. The number of aryl methyl sites for hydroxylation is 1. The van der Waals surface area contributed by atoms with Crippen LogP contribution in [0.3, 0.4) is 0 Å². The first-order valence-corrected chi connectivity index (χ1v) is 10.4. The van der Waals surface area contributed by atoms with Crippen molar-refractivity contribution in [1.29, 1.82) is 0 Å². The van der Waals surface area contributed by atoms with E-state index in [9.17, 15) is 9.50 Å². The zero-order valence-corrected chi connectivity index (χ0v) is 17.3. The van der Waals surface area contributed by atoms with E-state index >= 15 is 0 Å². The van der Waals surface area contributed by atoms with Gasteiger partial charge in [-0.2, -0.15) is 5.10 Å². The number of pyridine rings is 1. The van der Waals surface area contributed by atoms with Gasteiger partial charge in [-0.15, -0.1) is 0 Å². The van der Waals surface area contributed by atoms with Crippen LogP contribution >= 0.6 is 0 Å². The molecule has 4 rings (SSSR count). The lowest BCUT2D eigenvalue weighted by Crippen LogP contribution is -2.52. The number of piperazine rings is 1. The number of nitrogens with zero attached hydrogens (tertiary/aromatic N) is 5. The van der Waals surface area contributed by atoms with Crippen LogP contribution < -0.4 is 0 Å². The average Bonchev–Trinajstić information content (AvgIpc) is 3.19. The number of aromatic nitrogens is 3. The fraction of sp³-hybridized carbons (Fsp3) is 0.391. The Morgan fingerprint density at radius 1 is 1.10 bits per heavy atom. The quantitative estimate of drug-likeness (QED) is 0.650. The minimum absolute atomic E-state index is 0.179. The summed E-state index contributed by atoms with van der Waals surface area (Å²) in [6.45, 7) is 6.59. The lowest BCUT2D eigenvalue weighted by Gasteiger charge is -2.41. The first kappa shape index (κ1) is 20.7. The third-order valence-corrected chi connectivity index (χ3v) is 5.60. The van der Waals surface area contributed by atoms with E-state index in [1.165, 1.54) is 12.1 Å². The second-order valence-electron chi connectivity index (χ2n) is 7.91. The number of aliphatic hydroxyl groups is 1. The van der Waals surface area contributed by atoms with Crippen LogP contribution in [-0.4, -0.2) is 62.0 Å². The van der Waals surface area contributed by atoms with Gasteiger partial charge in [0.2, 0.25) is 0 Å². The maximum atomic E-state index is 13.1. The maximum absolute atomic E-state index is 13.1. The van der Waals surface area contributed by atoms with Crippen molar-refractivity contribution in [1.82, 2.24) is 24.6 Å². The van der Waals surface area contributed by atoms with Crippen molar-refractivity contribution in [2.24, 2.45) is 0 Å². The summed E-state index contributed by atoms with van der Waals surface area (Å²) in [6.07, 6.45) is 4.61. The number of rotatable bonds is 7. The molecular weight excluding hydrogens is 381 g/mol. The van der Waals surface area contributed by atoms with Crippen molar-refractivity contribution in [2.45, 2.75) is 32.5 Å². The van der Waals surface area contributed by atoms with E-state index in [1.807, 2.05) is 31.5 Å². The Labute approximate surface area is 176 Å². The molecule has 0 unspecified atom stereocenters.